The second-order valence-corrected chi connectivity index (χ2v) is 12.7. The van der Waals surface area contributed by atoms with Crippen LogP contribution in [-0.4, -0.2) is 44.2 Å². The summed E-state index contributed by atoms with van der Waals surface area (Å²) < 4.78 is 0. The van der Waals surface area contributed by atoms with Crippen molar-refractivity contribution in [2.45, 2.75) is 0 Å². The van der Waals surface area contributed by atoms with Gasteiger partial charge in [0, 0.05) is 73.3 Å². The molecule has 3 aliphatic rings. The van der Waals surface area contributed by atoms with Crippen molar-refractivity contribution in [1.29, 1.82) is 0 Å². The third-order valence-corrected chi connectivity index (χ3v) is 10.1. The summed E-state index contributed by atoms with van der Waals surface area (Å²) >= 11 is 0. The molecular weight excluding hydrogens is 612 g/mol. The molecule has 3 fully saturated rings. The number of fused-ring (bicyclic) bond motifs is 4. The van der Waals surface area contributed by atoms with E-state index in [1.165, 1.54) is 4.90 Å². The fourth-order valence-corrected chi connectivity index (χ4v) is 7.76. The highest BCUT2D eigenvalue weighted by Gasteiger charge is 2.70. The summed E-state index contributed by atoms with van der Waals surface area (Å²) in [5.41, 5.74) is 8.51. The normalized spacial score (nSPS) is 21.0. The van der Waals surface area contributed by atoms with Crippen molar-refractivity contribution in [1.82, 2.24) is 19.9 Å². The zero-order chi connectivity index (χ0) is 33.1. The van der Waals surface area contributed by atoms with E-state index in [2.05, 4.69) is 26.0 Å². The summed E-state index contributed by atoms with van der Waals surface area (Å²) in [6, 6.07) is 27.2. The van der Waals surface area contributed by atoms with Crippen LogP contribution >= 0.6 is 0 Å². The summed E-state index contributed by atoms with van der Waals surface area (Å²) in [5, 5.41) is 0. The molecule has 3 amide bonds. The first kappa shape index (κ1) is 28.8. The quantitative estimate of drug-likeness (QED) is 0.196. The van der Waals surface area contributed by atoms with Crippen LogP contribution in [0.3, 0.4) is 0 Å². The van der Waals surface area contributed by atoms with Gasteiger partial charge in [-0.3, -0.25) is 34.3 Å². The van der Waals surface area contributed by atoms with E-state index in [-0.39, 0.29) is 23.6 Å². The zero-order valence-electron chi connectivity index (χ0n) is 26.1. The highest BCUT2D eigenvalue weighted by Crippen LogP contribution is 2.57. The highest BCUT2D eigenvalue weighted by atomic mass is 16.2. The van der Waals surface area contributed by atoms with E-state index in [4.69, 9.17) is 0 Å². The summed E-state index contributed by atoms with van der Waals surface area (Å²) in [6.45, 7) is 0.366. The molecule has 1 saturated carbocycles. The van der Waals surface area contributed by atoms with E-state index in [0.29, 0.717) is 12.2 Å². The second kappa shape index (κ2) is 11.4. The van der Waals surface area contributed by atoms with Crippen LogP contribution in [0.15, 0.2) is 135 Å². The number of imide groups is 1. The molecule has 0 N–H and O–H groups in total. The Morgan fingerprint density at radius 1 is 0.449 bits per heavy atom. The zero-order valence-corrected chi connectivity index (χ0v) is 26.1. The predicted molar refractivity (Wildman–Crippen MR) is 185 cm³/mol. The van der Waals surface area contributed by atoms with Crippen LogP contribution in [0.5, 0.6) is 0 Å². The Bertz CT molecular complexity index is 2130. The summed E-state index contributed by atoms with van der Waals surface area (Å²) in [4.78, 5) is 62.4. The van der Waals surface area contributed by atoms with Gasteiger partial charge >= 0.3 is 0 Å². The number of hydrogen-bond donors (Lipinski definition) is 0. The maximum Gasteiger partial charge on any atom is 0.238 e. The SMILES string of the molecule is O=C1C2C(CN1c1cc(-c3ccncc3)cc(-c3ccncc3)c1)C1C(=O)N(c3cc(-c4ccncc4)cc(-c4cccnc4)c3)C(=O)C21. The molecule has 4 unspecified atom stereocenters. The van der Waals surface area contributed by atoms with Gasteiger partial charge in [-0.25, -0.2) is 4.90 Å². The molecule has 2 aliphatic heterocycles. The maximum absolute atomic E-state index is 14.2. The summed E-state index contributed by atoms with van der Waals surface area (Å²) in [6.07, 6.45) is 13.9. The highest BCUT2D eigenvalue weighted by molar-refractivity contribution is 6.25. The Morgan fingerprint density at radius 3 is 1.43 bits per heavy atom. The second-order valence-electron chi connectivity index (χ2n) is 12.7. The van der Waals surface area contributed by atoms with Crippen LogP contribution in [0, 0.1) is 23.7 Å². The van der Waals surface area contributed by atoms with E-state index in [9.17, 15) is 14.4 Å². The first-order valence-electron chi connectivity index (χ1n) is 16.2. The van der Waals surface area contributed by atoms with Gasteiger partial charge in [-0.2, -0.15) is 0 Å². The van der Waals surface area contributed by atoms with Crippen LogP contribution in [0.2, 0.25) is 0 Å². The average Bonchev–Trinajstić information content (AvgIpc) is 3.55. The lowest BCUT2D eigenvalue weighted by Crippen LogP contribution is -2.49. The van der Waals surface area contributed by atoms with Gasteiger partial charge in [0.2, 0.25) is 17.7 Å². The topological polar surface area (TPSA) is 109 Å². The van der Waals surface area contributed by atoms with E-state index in [1.54, 1.807) is 54.5 Å². The molecule has 9 nitrogen and oxygen atoms in total. The van der Waals surface area contributed by atoms with Crippen molar-refractivity contribution in [3.63, 3.8) is 0 Å². The van der Waals surface area contributed by atoms with Gasteiger partial charge < -0.3 is 4.90 Å². The molecule has 6 heterocycles. The average molecular weight is 641 g/mol. The third-order valence-electron chi connectivity index (χ3n) is 10.1. The van der Waals surface area contributed by atoms with Gasteiger partial charge in [0.25, 0.3) is 0 Å². The van der Waals surface area contributed by atoms with E-state index >= 15 is 0 Å². The van der Waals surface area contributed by atoms with Crippen LogP contribution in [0.1, 0.15) is 0 Å². The number of hydrogen-bond acceptors (Lipinski definition) is 7. The van der Waals surface area contributed by atoms with E-state index in [0.717, 1.165) is 50.2 Å². The number of benzene rings is 2. The Hall–Kier alpha value is -6.35. The lowest BCUT2D eigenvalue weighted by atomic mass is 9.59. The molecule has 4 aromatic heterocycles. The molecule has 0 radical (unpaired) electrons. The van der Waals surface area contributed by atoms with Crippen molar-refractivity contribution in [3.05, 3.63) is 135 Å². The molecule has 2 saturated heterocycles. The number of carbonyl (C=O) groups excluding carboxylic acids is 3. The molecule has 0 bridgehead atoms. The molecule has 2 aromatic carbocycles. The first-order valence-corrected chi connectivity index (χ1v) is 16.2. The monoisotopic (exact) mass is 640 g/mol. The van der Waals surface area contributed by atoms with Gasteiger partial charge in [-0.15, -0.1) is 0 Å². The molecule has 1 aliphatic carbocycles. The van der Waals surface area contributed by atoms with E-state index < -0.39 is 17.8 Å². The molecule has 4 atom stereocenters. The maximum atomic E-state index is 14.2. The molecule has 9 heteroatoms. The first-order chi connectivity index (χ1) is 24.0. The Balaban J connectivity index is 1.06. The molecular formula is C40H28N6O3. The third kappa shape index (κ3) is 4.73. The van der Waals surface area contributed by atoms with Crippen LogP contribution in [0.4, 0.5) is 11.4 Å². The Kier molecular flexibility index (Phi) is 6.72. The lowest BCUT2D eigenvalue weighted by Gasteiger charge is -2.37. The van der Waals surface area contributed by atoms with Gasteiger partial charge in [-0.1, -0.05) is 6.07 Å². The fourth-order valence-electron chi connectivity index (χ4n) is 7.76. The van der Waals surface area contributed by atoms with Crippen LogP contribution < -0.4 is 9.80 Å². The smallest absolute Gasteiger partial charge is 0.238 e. The minimum atomic E-state index is -0.690. The number of pyridine rings is 4. The molecule has 0 spiro atoms. The number of anilines is 2. The molecule has 6 aromatic rings. The number of carbonyl (C=O) groups is 3. The minimum Gasteiger partial charge on any atom is -0.312 e. The summed E-state index contributed by atoms with van der Waals surface area (Å²) in [7, 11) is 0. The number of aromatic nitrogens is 4. The molecule has 9 rings (SSSR count). The van der Waals surface area contributed by atoms with Crippen molar-refractivity contribution in [2.75, 3.05) is 16.3 Å². The van der Waals surface area contributed by atoms with Crippen molar-refractivity contribution in [3.8, 4) is 44.5 Å². The molecule has 49 heavy (non-hydrogen) atoms. The van der Waals surface area contributed by atoms with Crippen LogP contribution in [-0.2, 0) is 14.4 Å². The Morgan fingerprint density at radius 2 is 0.918 bits per heavy atom. The minimum absolute atomic E-state index is 0.122. The van der Waals surface area contributed by atoms with E-state index in [1.807, 2.05) is 78.9 Å². The standard InChI is InChI=1S/C40H28N6O3/c47-38-35-34(23-45(38)32-18-28(24-3-10-41-11-4-24)16-29(19-32)25-5-12-42-13-6-25)36-37(35)40(49)46(39(36)48)33-20-30(26-7-14-43-15-8-26)17-31(21-33)27-2-1-9-44-22-27/h1-22,34-37H,23H2. The van der Waals surface area contributed by atoms with Gasteiger partial charge in [0.05, 0.1) is 23.4 Å². The van der Waals surface area contributed by atoms with Gasteiger partial charge in [0.1, 0.15) is 0 Å². The number of amides is 3. The van der Waals surface area contributed by atoms with Gasteiger partial charge in [-0.05, 0) is 118 Å². The fraction of sp³-hybridized carbons (Fsp3) is 0.125. The predicted octanol–water partition coefficient (Wildman–Crippen LogP) is 6.33. The van der Waals surface area contributed by atoms with Gasteiger partial charge in [0.15, 0.2) is 0 Å². The number of nitrogens with zero attached hydrogens (tertiary/aromatic N) is 6. The Labute approximate surface area is 282 Å². The van der Waals surface area contributed by atoms with Crippen LogP contribution in [0.25, 0.3) is 44.5 Å². The number of rotatable bonds is 6. The van der Waals surface area contributed by atoms with Crippen molar-refractivity contribution < 1.29 is 14.4 Å². The van der Waals surface area contributed by atoms with Crippen molar-refractivity contribution >= 4 is 29.1 Å². The van der Waals surface area contributed by atoms with Crippen molar-refractivity contribution in [2.24, 2.45) is 23.7 Å². The summed E-state index contributed by atoms with van der Waals surface area (Å²) in [5.74, 6) is -2.75. The lowest BCUT2D eigenvalue weighted by molar-refractivity contribution is -0.141. The largest absolute Gasteiger partial charge is 0.312 e. The molecule has 236 valence electrons.